The van der Waals surface area contributed by atoms with Crippen molar-refractivity contribution < 1.29 is 36.6 Å². The van der Waals surface area contributed by atoms with Gasteiger partial charge in [-0.3, -0.25) is 4.79 Å². The van der Waals surface area contributed by atoms with Gasteiger partial charge < -0.3 is 14.8 Å². The lowest BCUT2D eigenvalue weighted by Crippen LogP contribution is -2.29. The predicted molar refractivity (Wildman–Crippen MR) is 104 cm³/mol. The number of rotatable bonds is 6. The van der Waals surface area contributed by atoms with Gasteiger partial charge in [0.2, 0.25) is 0 Å². The summed E-state index contributed by atoms with van der Waals surface area (Å²) in [4.78, 5) is 27.3. The first kappa shape index (κ1) is 22.0. The largest absolute Gasteiger partial charge is 0.481 e. The summed E-state index contributed by atoms with van der Waals surface area (Å²) in [5, 5.41) is 2.02. The van der Waals surface area contributed by atoms with Crippen LogP contribution in [0.1, 0.15) is 6.92 Å². The van der Waals surface area contributed by atoms with Gasteiger partial charge in [0.1, 0.15) is 11.6 Å². The van der Waals surface area contributed by atoms with Crippen LogP contribution in [0.3, 0.4) is 0 Å². The van der Waals surface area contributed by atoms with E-state index in [1.54, 1.807) is 12.2 Å². The number of hydrogen-bond donors (Lipinski definition) is 1. The minimum Gasteiger partial charge on any atom is -0.481 e. The first-order chi connectivity index (χ1) is 14.7. The zero-order valence-electron chi connectivity index (χ0n) is 16.1. The van der Waals surface area contributed by atoms with Gasteiger partial charge in [-0.2, -0.15) is 13.2 Å². The van der Waals surface area contributed by atoms with E-state index in [1.807, 2.05) is 0 Å². The molecule has 0 atom stereocenters. The van der Waals surface area contributed by atoms with Gasteiger partial charge in [0, 0.05) is 22.7 Å². The molecule has 1 N–H and O–H groups in total. The zero-order chi connectivity index (χ0) is 22.6. The van der Waals surface area contributed by atoms with E-state index in [9.17, 15) is 27.2 Å². The minimum atomic E-state index is -5.05. The highest BCUT2D eigenvalue weighted by atomic mass is 19.4. The number of anilines is 1. The number of benzene rings is 2. The number of hydrogen-bond acceptors (Lipinski definition) is 5. The average Bonchev–Trinajstić information content (AvgIpc) is 2.72. The van der Waals surface area contributed by atoms with Crippen LogP contribution in [0.5, 0.6) is 5.75 Å². The number of nitrogens with zero attached hydrogens (tertiary/aromatic N) is 1. The van der Waals surface area contributed by atoms with Crippen molar-refractivity contribution in [1.82, 2.24) is 4.98 Å². The third kappa shape index (κ3) is 5.47. The maximum Gasteiger partial charge on any atom is 0.471 e. The Kier molecular flexibility index (Phi) is 6.38. The van der Waals surface area contributed by atoms with E-state index < -0.39 is 30.5 Å². The number of ether oxygens (including phenoxy) is 2. The van der Waals surface area contributed by atoms with Gasteiger partial charge in [-0.05, 0) is 49.4 Å². The highest BCUT2D eigenvalue weighted by Gasteiger charge is 2.38. The molecule has 2 aromatic carbocycles. The molecule has 0 saturated carbocycles. The second-order valence-electron chi connectivity index (χ2n) is 6.29. The quantitative estimate of drug-likeness (QED) is 0.455. The highest BCUT2D eigenvalue weighted by molar-refractivity contribution is 5.98. The number of esters is 1. The van der Waals surface area contributed by atoms with Crippen molar-refractivity contribution in [3.8, 4) is 17.0 Å². The SMILES string of the molecule is CCOC(=O)COc1cc(-c2ccc(F)cc2)nc2ccc(NC(=O)C(F)(F)F)cc12. The molecular weight excluding hydrogens is 420 g/mol. The standard InChI is InChI=1S/C21H16F4N2O4/c1-2-30-19(28)11-31-18-10-17(12-3-5-13(22)6-4-12)27-16-8-7-14(9-15(16)18)26-20(29)21(23,24)25/h3-10H,2,11H2,1H3,(H,26,29). The molecule has 0 spiro atoms. The minimum absolute atomic E-state index is 0.125. The average molecular weight is 436 g/mol. The summed E-state index contributed by atoms with van der Waals surface area (Å²) in [5.74, 6) is -3.08. The van der Waals surface area contributed by atoms with Gasteiger partial charge >= 0.3 is 18.1 Å². The number of carbonyl (C=O) groups excluding carboxylic acids is 2. The van der Waals surface area contributed by atoms with Crippen LogP contribution in [0.4, 0.5) is 23.2 Å². The third-order valence-electron chi connectivity index (χ3n) is 4.08. The molecule has 1 amide bonds. The van der Waals surface area contributed by atoms with Gasteiger partial charge in [-0.1, -0.05) is 0 Å². The van der Waals surface area contributed by atoms with Crippen molar-refractivity contribution in [2.75, 3.05) is 18.5 Å². The molecular formula is C21H16F4N2O4. The van der Waals surface area contributed by atoms with E-state index in [1.165, 1.54) is 48.5 Å². The molecule has 0 fully saturated rings. The van der Waals surface area contributed by atoms with Crippen LogP contribution in [-0.4, -0.2) is 36.3 Å². The molecule has 0 aliphatic carbocycles. The van der Waals surface area contributed by atoms with E-state index >= 15 is 0 Å². The summed E-state index contributed by atoms with van der Waals surface area (Å²) in [7, 11) is 0. The number of alkyl halides is 3. The first-order valence-electron chi connectivity index (χ1n) is 9.04. The van der Waals surface area contributed by atoms with Crippen LogP contribution in [0.2, 0.25) is 0 Å². The molecule has 0 radical (unpaired) electrons. The summed E-state index contributed by atoms with van der Waals surface area (Å²) in [6, 6.07) is 10.8. The molecule has 10 heteroatoms. The number of halogens is 4. The van der Waals surface area contributed by atoms with Gasteiger partial charge in [0.25, 0.3) is 0 Å². The normalized spacial score (nSPS) is 11.3. The number of carbonyl (C=O) groups is 2. The fourth-order valence-electron chi connectivity index (χ4n) is 2.70. The lowest BCUT2D eigenvalue weighted by molar-refractivity contribution is -0.167. The molecule has 1 aromatic heterocycles. The van der Waals surface area contributed by atoms with Crippen LogP contribution >= 0.6 is 0 Å². The number of aromatic nitrogens is 1. The van der Waals surface area contributed by atoms with Crippen molar-refractivity contribution in [3.05, 3.63) is 54.3 Å². The number of fused-ring (bicyclic) bond motifs is 1. The molecule has 3 aromatic rings. The predicted octanol–water partition coefficient (Wildman–Crippen LogP) is 4.48. The van der Waals surface area contributed by atoms with Gasteiger partial charge in [0.05, 0.1) is 17.8 Å². The summed E-state index contributed by atoms with van der Waals surface area (Å²) in [5.41, 5.74) is 1.13. The molecule has 0 aliphatic heterocycles. The summed E-state index contributed by atoms with van der Waals surface area (Å²) in [6.07, 6.45) is -5.05. The Balaban J connectivity index is 2.03. The fraction of sp³-hybridized carbons (Fsp3) is 0.190. The smallest absolute Gasteiger partial charge is 0.471 e. The second kappa shape index (κ2) is 8.99. The Morgan fingerprint density at radius 2 is 1.77 bits per heavy atom. The molecule has 3 rings (SSSR count). The monoisotopic (exact) mass is 436 g/mol. The van der Waals surface area contributed by atoms with Crippen molar-refractivity contribution in [1.29, 1.82) is 0 Å². The van der Waals surface area contributed by atoms with Crippen LogP contribution in [0.15, 0.2) is 48.5 Å². The molecule has 6 nitrogen and oxygen atoms in total. The summed E-state index contributed by atoms with van der Waals surface area (Å²) >= 11 is 0. The number of amides is 1. The first-order valence-corrected chi connectivity index (χ1v) is 9.04. The number of nitrogens with one attached hydrogen (secondary N) is 1. The van der Waals surface area contributed by atoms with Crippen molar-refractivity contribution in [3.63, 3.8) is 0 Å². The maximum atomic E-state index is 13.2. The lowest BCUT2D eigenvalue weighted by atomic mass is 10.1. The van der Waals surface area contributed by atoms with Crippen molar-refractivity contribution in [2.45, 2.75) is 13.1 Å². The Morgan fingerprint density at radius 3 is 2.42 bits per heavy atom. The topological polar surface area (TPSA) is 77.5 Å². The Morgan fingerprint density at radius 1 is 1.06 bits per heavy atom. The molecule has 0 bridgehead atoms. The Labute approximate surface area is 173 Å². The Hall–Kier alpha value is -3.69. The molecule has 162 valence electrons. The van der Waals surface area contributed by atoms with Crippen LogP contribution < -0.4 is 10.1 Å². The molecule has 0 saturated heterocycles. The summed E-state index contributed by atoms with van der Waals surface area (Å²) in [6.45, 7) is 1.32. The van der Waals surface area contributed by atoms with Crippen molar-refractivity contribution in [2.24, 2.45) is 0 Å². The summed E-state index contributed by atoms with van der Waals surface area (Å²) < 4.78 is 61.2. The van der Waals surface area contributed by atoms with Gasteiger partial charge in [-0.25, -0.2) is 14.2 Å². The van der Waals surface area contributed by atoms with Crippen LogP contribution in [0, 0.1) is 5.82 Å². The van der Waals surface area contributed by atoms with Crippen LogP contribution in [0.25, 0.3) is 22.2 Å². The molecule has 0 aliphatic rings. The fourth-order valence-corrected chi connectivity index (χ4v) is 2.70. The molecule has 0 unspecified atom stereocenters. The molecule has 31 heavy (non-hydrogen) atoms. The van der Waals surface area contributed by atoms with E-state index in [-0.39, 0.29) is 23.4 Å². The van der Waals surface area contributed by atoms with E-state index in [0.717, 1.165) is 0 Å². The van der Waals surface area contributed by atoms with E-state index in [2.05, 4.69) is 4.98 Å². The zero-order valence-corrected chi connectivity index (χ0v) is 16.1. The van der Waals surface area contributed by atoms with E-state index in [0.29, 0.717) is 16.8 Å². The van der Waals surface area contributed by atoms with Gasteiger partial charge in [-0.15, -0.1) is 0 Å². The maximum absolute atomic E-state index is 13.2. The lowest BCUT2D eigenvalue weighted by Gasteiger charge is -2.13. The highest BCUT2D eigenvalue weighted by Crippen LogP contribution is 2.32. The van der Waals surface area contributed by atoms with E-state index in [4.69, 9.17) is 9.47 Å². The van der Waals surface area contributed by atoms with Crippen molar-refractivity contribution >= 4 is 28.5 Å². The second-order valence-corrected chi connectivity index (χ2v) is 6.29. The van der Waals surface area contributed by atoms with Gasteiger partial charge in [0.15, 0.2) is 6.61 Å². The third-order valence-corrected chi connectivity index (χ3v) is 4.08. The Bertz CT molecular complexity index is 1110. The van der Waals surface area contributed by atoms with Crippen LogP contribution in [-0.2, 0) is 14.3 Å². The number of pyridine rings is 1. The molecule has 1 heterocycles.